The molecule has 0 aromatic heterocycles. The molecule has 0 atom stereocenters. The Morgan fingerprint density at radius 1 is 0.750 bits per heavy atom. The average Bonchev–Trinajstić information content (AvgIpc) is 2.69. The summed E-state index contributed by atoms with van der Waals surface area (Å²) in [5, 5.41) is 18.4. The van der Waals surface area contributed by atoms with Crippen molar-refractivity contribution in [3.8, 4) is 0 Å². The van der Waals surface area contributed by atoms with Crippen LogP contribution in [0.1, 0.15) is 90.5 Å². The number of carbonyl (C=O) groups excluding carboxylic acids is 1. The molecule has 0 bridgehead atoms. The smallest absolute Gasteiger partial charge is 0.193 e. The highest BCUT2D eigenvalue weighted by molar-refractivity contribution is 6.09. The molecule has 28 heavy (non-hydrogen) atoms. The molecule has 0 amide bonds. The summed E-state index contributed by atoms with van der Waals surface area (Å²) < 4.78 is 0. The zero-order valence-corrected chi connectivity index (χ0v) is 17.7. The van der Waals surface area contributed by atoms with Gasteiger partial charge in [-0.1, -0.05) is 52.0 Å². The number of carbonyl (C=O) groups is 1. The summed E-state index contributed by atoms with van der Waals surface area (Å²) in [7, 11) is 0. The number of aryl methyl sites for hydroxylation is 2. The molecule has 0 aliphatic heterocycles. The van der Waals surface area contributed by atoms with Crippen LogP contribution >= 0.6 is 0 Å². The lowest BCUT2D eigenvalue weighted by Gasteiger charge is -2.16. The van der Waals surface area contributed by atoms with E-state index in [4.69, 9.17) is 0 Å². The fourth-order valence-electron chi connectivity index (χ4n) is 3.76. The van der Waals surface area contributed by atoms with Gasteiger partial charge in [-0.3, -0.25) is 4.79 Å². The SMILES string of the molecule is CC(C)c1ccc(C(=O)c2ccc(C(C)C)c(CCCO)c2)cc1CCCO. The van der Waals surface area contributed by atoms with Crippen molar-refractivity contribution >= 4 is 5.78 Å². The molecule has 0 fully saturated rings. The third-order valence-corrected chi connectivity index (χ3v) is 5.26. The van der Waals surface area contributed by atoms with E-state index in [1.807, 2.05) is 24.3 Å². The van der Waals surface area contributed by atoms with Gasteiger partial charge < -0.3 is 10.2 Å². The van der Waals surface area contributed by atoms with E-state index in [1.54, 1.807) is 0 Å². The summed E-state index contributed by atoms with van der Waals surface area (Å²) in [6.07, 6.45) is 2.95. The van der Waals surface area contributed by atoms with Crippen molar-refractivity contribution < 1.29 is 15.0 Å². The van der Waals surface area contributed by atoms with Gasteiger partial charge in [-0.05, 0) is 71.9 Å². The Morgan fingerprint density at radius 3 is 1.46 bits per heavy atom. The van der Waals surface area contributed by atoms with Gasteiger partial charge in [0.1, 0.15) is 0 Å². The Bertz CT molecular complexity index is 725. The van der Waals surface area contributed by atoms with Crippen LogP contribution in [0.2, 0.25) is 0 Å². The van der Waals surface area contributed by atoms with Crippen LogP contribution in [0, 0.1) is 0 Å². The number of ketones is 1. The second-order valence-corrected chi connectivity index (χ2v) is 8.12. The number of hydrogen-bond acceptors (Lipinski definition) is 3. The first-order chi connectivity index (χ1) is 13.4. The second kappa shape index (κ2) is 10.5. The Morgan fingerprint density at radius 2 is 1.14 bits per heavy atom. The quantitative estimate of drug-likeness (QED) is 0.568. The lowest BCUT2D eigenvalue weighted by Crippen LogP contribution is -2.07. The third-order valence-electron chi connectivity index (χ3n) is 5.26. The van der Waals surface area contributed by atoms with Crippen molar-refractivity contribution in [1.29, 1.82) is 0 Å². The van der Waals surface area contributed by atoms with E-state index in [-0.39, 0.29) is 19.0 Å². The van der Waals surface area contributed by atoms with E-state index in [1.165, 1.54) is 11.1 Å². The number of aliphatic hydroxyl groups excluding tert-OH is 2. The molecule has 2 N–H and O–H groups in total. The number of rotatable bonds is 10. The summed E-state index contributed by atoms with van der Waals surface area (Å²) in [4.78, 5) is 13.2. The lowest BCUT2D eigenvalue weighted by atomic mass is 9.88. The minimum absolute atomic E-state index is 0.0288. The molecule has 0 aliphatic carbocycles. The number of benzene rings is 2. The lowest BCUT2D eigenvalue weighted by molar-refractivity contribution is 0.103. The van der Waals surface area contributed by atoms with Gasteiger partial charge in [-0.25, -0.2) is 0 Å². The minimum atomic E-state index is 0.0288. The monoisotopic (exact) mass is 382 g/mol. The molecule has 0 saturated carbocycles. The predicted molar refractivity (Wildman–Crippen MR) is 115 cm³/mol. The second-order valence-electron chi connectivity index (χ2n) is 8.12. The standard InChI is InChI=1S/C25H34O3/c1-17(2)23-11-9-21(15-19(23)7-5-13-26)25(28)22-10-12-24(18(3)4)20(16-22)8-6-14-27/h9-12,15-18,26-27H,5-8,13-14H2,1-4H3. The van der Waals surface area contributed by atoms with Gasteiger partial charge in [-0.15, -0.1) is 0 Å². The van der Waals surface area contributed by atoms with Crippen LogP contribution in [0.25, 0.3) is 0 Å². The first-order valence-corrected chi connectivity index (χ1v) is 10.4. The first kappa shape index (κ1) is 22.3. The molecule has 2 aromatic rings. The van der Waals surface area contributed by atoms with Gasteiger partial charge in [0.15, 0.2) is 5.78 Å². The predicted octanol–water partition coefficient (Wildman–Crippen LogP) is 5.01. The van der Waals surface area contributed by atoms with E-state index in [0.29, 0.717) is 35.8 Å². The van der Waals surface area contributed by atoms with E-state index < -0.39 is 0 Å². The molecule has 0 unspecified atom stereocenters. The molecule has 0 heterocycles. The van der Waals surface area contributed by atoms with E-state index in [0.717, 1.165) is 24.0 Å². The van der Waals surface area contributed by atoms with Gasteiger partial charge >= 0.3 is 0 Å². The molecule has 2 aromatic carbocycles. The van der Waals surface area contributed by atoms with Crippen LogP contribution in [-0.2, 0) is 12.8 Å². The molecular weight excluding hydrogens is 348 g/mol. The summed E-state index contributed by atoms with van der Waals surface area (Å²) in [6, 6.07) is 11.9. The summed E-state index contributed by atoms with van der Waals surface area (Å²) in [5.74, 6) is 0.794. The number of hydrogen-bond donors (Lipinski definition) is 2. The van der Waals surface area contributed by atoms with Crippen molar-refractivity contribution in [1.82, 2.24) is 0 Å². The molecule has 0 saturated heterocycles. The van der Waals surface area contributed by atoms with Crippen molar-refractivity contribution in [3.63, 3.8) is 0 Å². The topological polar surface area (TPSA) is 57.5 Å². The maximum atomic E-state index is 13.2. The van der Waals surface area contributed by atoms with Crippen molar-refractivity contribution in [2.45, 2.75) is 65.2 Å². The van der Waals surface area contributed by atoms with Crippen LogP contribution in [0.15, 0.2) is 36.4 Å². The summed E-state index contributed by atoms with van der Waals surface area (Å²) in [5.41, 5.74) is 6.17. The van der Waals surface area contributed by atoms with Crippen LogP contribution in [-0.4, -0.2) is 29.2 Å². The van der Waals surface area contributed by atoms with Crippen LogP contribution in [0.3, 0.4) is 0 Å². The Labute approximate surface area is 169 Å². The van der Waals surface area contributed by atoms with E-state index in [9.17, 15) is 15.0 Å². The highest BCUT2D eigenvalue weighted by Crippen LogP contribution is 2.26. The maximum Gasteiger partial charge on any atom is 0.193 e. The molecule has 0 radical (unpaired) electrons. The largest absolute Gasteiger partial charge is 0.396 e. The van der Waals surface area contributed by atoms with E-state index >= 15 is 0 Å². The van der Waals surface area contributed by atoms with Crippen molar-refractivity contribution in [3.05, 3.63) is 69.8 Å². The van der Waals surface area contributed by atoms with Gasteiger partial charge in [0.25, 0.3) is 0 Å². The molecule has 3 heteroatoms. The minimum Gasteiger partial charge on any atom is -0.396 e. The molecular formula is C25H34O3. The Hall–Kier alpha value is -1.97. The Balaban J connectivity index is 2.39. The molecule has 0 aliphatic rings. The first-order valence-electron chi connectivity index (χ1n) is 10.4. The van der Waals surface area contributed by atoms with Crippen molar-refractivity contribution in [2.75, 3.05) is 13.2 Å². The highest BCUT2D eigenvalue weighted by atomic mass is 16.3. The van der Waals surface area contributed by atoms with Gasteiger partial charge in [0.05, 0.1) is 0 Å². The van der Waals surface area contributed by atoms with Crippen LogP contribution in [0.5, 0.6) is 0 Å². The molecule has 3 nitrogen and oxygen atoms in total. The van der Waals surface area contributed by atoms with Gasteiger partial charge in [0, 0.05) is 24.3 Å². The number of aliphatic hydroxyl groups is 2. The zero-order chi connectivity index (χ0) is 20.7. The highest BCUT2D eigenvalue weighted by Gasteiger charge is 2.16. The van der Waals surface area contributed by atoms with Crippen LogP contribution in [0.4, 0.5) is 0 Å². The third kappa shape index (κ3) is 5.52. The summed E-state index contributed by atoms with van der Waals surface area (Å²) in [6.45, 7) is 8.91. The average molecular weight is 383 g/mol. The fourth-order valence-corrected chi connectivity index (χ4v) is 3.76. The summed E-state index contributed by atoms with van der Waals surface area (Å²) >= 11 is 0. The maximum absolute atomic E-state index is 13.2. The fraction of sp³-hybridized carbons (Fsp3) is 0.480. The van der Waals surface area contributed by atoms with Crippen LogP contribution < -0.4 is 0 Å². The van der Waals surface area contributed by atoms with Crippen molar-refractivity contribution in [2.24, 2.45) is 0 Å². The van der Waals surface area contributed by atoms with E-state index in [2.05, 4.69) is 39.8 Å². The molecule has 2 rings (SSSR count). The normalized spacial score (nSPS) is 11.4. The van der Waals surface area contributed by atoms with Gasteiger partial charge in [0.2, 0.25) is 0 Å². The van der Waals surface area contributed by atoms with Gasteiger partial charge in [-0.2, -0.15) is 0 Å². The molecule has 0 spiro atoms. The Kier molecular flexibility index (Phi) is 8.40. The molecule has 152 valence electrons. The zero-order valence-electron chi connectivity index (χ0n) is 17.7.